The summed E-state index contributed by atoms with van der Waals surface area (Å²) in [6.45, 7) is 0. The molecule has 0 unspecified atom stereocenters. The SMILES string of the molecule is Fc1cccc2c1oc1c(F)c(C3CC3)ccc12.Oc1c(-c2cccc(F)c2F)ccc(C2CC2)c1F.[H-].[Na+]. The van der Waals surface area contributed by atoms with E-state index in [9.17, 15) is 27.1 Å². The number of fused-ring (bicyclic) bond motifs is 3. The summed E-state index contributed by atoms with van der Waals surface area (Å²) >= 11 is 0. The molecule has 0 spiro atoms. The zero-order chi connectivity index (χ0) is 25.8. The van der Waals surface area contributed by atoms with E-state index in [1.54, 1.807) is 18.2 Å². The second kappa shape index (κ2) is 10.4. The summed E-state index contributed by atoms with van der Waals surface area (Å²) in [4.78, 5) is 0. The second-order valence-corrected chi connectivity index (χ2v) is 9.58. The van der Waals surface area contributed by atoms with Crippen molar-refractivity contribution < 1.29 is 62.5 Å². The smallest absolute Gasteiger partial charge is 1.00 e. The number of para-hydroxylation sites is 1. The Morgan fingerprint density at radius 2 is 1.18 bits per heavy atom. The molecule has 190 valence electrons. The molecular weight excluding hydrogens is 510 g/mol. The molecule has 0 radical (unpaired) electrons. The van der Waals surface area contributed by atoms with Crippen LogP contribution in [0.15, 0.2) is 65.1 Å². The van der Waals surface area contributed by atoms with E-state index >= 15 is 0 Å². The monoisotopic (exact) mass is 532 g/mol. The van der Waals surface area contributed by atoms with E-state index in [-0.39, 0.29) is 65.0 Å². The van der Waals surface area contributed by atoms with Crippen LogP contribution < -0.4 is 29.6 Å². The summed E-state index contributed by atoms with van der Waals surface area (Å²) in [7, 11) is 0. The van der Waals surface area contributed by atoms with Crippen LogP contribution in [0.5, 0.6) is 5.75 Å². The number of phenolic OH excluding ortho intramolecular Hbond substituents is 1. The summed E-state index contributed by atoms with van der Waals surface area (Å²) in [5.41, 5.74) is 1.29. The third kappa shape index (κ3) is 4.72. The van der Waals surface area contributed by atoms with Crippen molar-refractivity contribution in [1.82, 2.24) is 0 Å². The molecule has 0 atom stereocenters. The maximum Gasteiger partial charge on any atom is 1.00 e. The van der Waals surface area contributed by atoms with Gasteiger partial charge < -0.3 is 11.0 Å². The molecule has 1 N–H and O–H groups in total. The van der Waals surface area contributed by atoms with Crippen LogP contribution in [-0.4, -0.2) is 5.11 Å². The molecule has 1 aromatic heterocycles. The van der Waals surface area contributed by atoms with Crippen molar-refractivity contribution in [2.75, 3.05) is 0 Å². The Balaban J connectivity index is 0.000000172. The van der Waals surface area contributed by atoms with Crippen LogP contribution in [0.4, 0.5) is 22.0 Å². The zero-order valence-electron chi connectivity index (χ0n) is 21.5. The fourth-order valence-corrected chi connectivity index (χ4v) is 4.74. The van der Waals surface area contributed by atoms with Crippen molar-refractivity contribution in [3.63, 3.8) is 0 Å². The number of benzene rings is 4. The summed E-state index contributed by atoms with van der Waals surface area (Å²) < 4.78 is 74.1. The molecule has 8 heteroatoms. The minimum absolute atomic E-state index is 0. The molecule has 2 nitrogen and oxygen atoms in total. The third-order valence-corrected chi connectivity index (χ3v) is 7.01. The second-order valence-electron chi connectivity index (χ2n) is 9.58. The molecule has 2 aliphatic carbocycles. The van der Waals surface area contributed by atoms with Gasteiger partial charge in [-0.3, -0.25) is 0 Å². The first kappa shape index (κ1) is 26.7. The molecule has 1 heterocycles. The van der Waals surface area contributed by atoms with Crippen LogP contribution in [0.3, 0.4) is 0 Å². The molecular formula is C30H22F5NaO2. The number of halogens is 5. The van der Waals surface area contributed by atoms with Gasteiger partial charge in [0.05, 0.1) is 0 Å². The topological polar surface area (TPSA) is 33.4 Å². The fraction of sp³-hybridized carbons (Fsp3) is 0.200. The van der Waals surface area contributed by atoms with E-state index in [1.807, 2.05) is 6.07 Å². The molecule has 4 aromatic carbocycles. The first-order valence-electron chi connectivity index (χ1n) is 12.1. The predicted octanol–water partition coefficient (Wildman–Crippen LogP) is 6.21. The van der Waals surface area contributed by atoms with Gasteiger partial charge in [-0.05, 0) is 66.8 Å². The summed E-state index contributed by atoms with van der Waals surface area (Å²) in [5, 5.41) is 11.1. The first-order valence-corrected chi connectivity index (χ1v) is 12.1. The Hall–Kier alpha value is -2.87. The van der Waals surface area contributed by atoms with Crippen molar-refractivity contribution in [2.24, 2.45) is 0 Å². The molecule has 0 bridgehead atoms. The summed E-state index contributed by atoms with van der Waals surface area (Å²) in [6, 6.07) is 14.9. The molecule has 0 amide bonds. The average molecular weight is 532 g/mol. The van der Waals surface area contributed by atoms with Gasteiger partial charge in [-0.25, -0.2) is 22.0 Å². The third-order valence-electron chi connectivity index (χ3n) is 7.01. The van der Waals surface area contributed by atoms with Gasteiger partial charge in [0, 0.05) is 21.9 Å². The standard InChI is InChI=1S/C15H11F3O.C15H10F2O.Na.H/c16-12-3-1-2-10(13(12)17)11-7-6-9(8-4-5-8)14(18)15(11)19;16-12-3-1-2-10-11-7-6-9(8-4-5-8)13(17)15(11)18-14(10)12;;/h1-3,6-8,19H,4-5H2;1-3,6-8H,4-5H2;;/q;;+1;-1. The number of rotatable bonds is 3. The van der Waals surface area contributed by atoms with Gasteiger partial charge in [0.15, 0.2) is 46.0 Å². The van der Waals surface area contributed by atoms with Gasteiger partial charge in [-0.15, -0.1) is 0 Å². The number of hydrogen-bond acceptors (Lipinski definition) is 2. The summed E-state index contributed by atoms with van der Waals surface area (Å²) in [6.07, 6.45) is 3.84. The molecule has 2 fully saturated rings. The van der Waals surface area contributed by atoms with Crippen molar-refractivity contribution >= 4 is 21.9 Å². The predicted molar refractivity (Wildman–Crippen MR) is 132 cm³/mol. The van der Waals surface area contributed by atoms with E-state index < -0.39 is 29.0 Å². The van der Waals surface area contributed by atoms with Crippen molar-refractivity contribution in [3.8, 4) is 16.9 Å². The normalized spacial score (nSPS) is 14.8. The molecule has 2 aliphatic rings. The minimum atomic E-state index is -1.09. The molecule has 0 aliphatic heterocycles. The molecule has 0 saturated heterocycles. The van der Waals surface area contributed by atoms with Crippen LogP contribution in [0.1, 0.15) is 50.1 Å². The first-order chi connectivity index (χ1) is 17.8. The van der Waals surface area contributed by atoms with Crippen molar-refractivity contribution in [2.45, 2.75) is 37.5 Å². The summed E-state index contributed by atoms with van der Waals surface area (Å²) in [5.74, 6) is -3.79. The van der Waals surface area contributed by atoms with E-state index in [0.717, 1.165) is 31.7 Å². The Bertz CT molecular complexity index is 1680. The number of furan rings is 1. The van der Waals surface area contributed by atoms with Gasteiger partial charge in [-0.1, -0.05) is 42.5 Å². The van der Waals surface area contributed by atoms with Gasteiger partial charge >= 0.3 is 29.6 Å². The van der Waals surface area contributed by atoms with Crippen LogP contribution in [-0.2, 0) is 0 Å². The molecule has 2 saturated carbocycles. The van der Waals surface area contributed by atoms with Gasteiger partial charge in [0.25, 0.3) is 0 Å². The van der Waals surface area contributed by atoms with E-state index in [0.29, 0.717) is 27.8 Å². The number of phenols is 1. The number of hydrogen-bond donors (Lipinski definition) is 1. The molecule has 38 heavy (non-hydrogen) atoms. The van der Waals surface area contributed by atoms with Crippen molar-refractivity contribution in [1.29, 1.82) is 0 Å². The van der Waals surface area contributed by atoms with Gasteiger partial charge in [-0.2, -0.15) is 0 Å². The zero-order valence-corrected chi connectivity index (χ0v) is 22.5. The van der Waals surface area contributed by atoms with Gasteiger partial charge in [0.2, 0.25) is 0 Å². The Kier molecular flexibility index (Phi) is 7.29. The largest absolute Gasteiger partial charge is 1.00 e. The Labute approximate surface area is 238 Å². The van der Waals surface area contributed by atoms with Crippen LogP contribution >= 0.6 is 0 Å². The van der Waals surface area contributed by atoms with E-state index in [1.165, 1.54) is 30.3 Å². The Morgan fingerprint density at radius 1 is 0.605 bits per heavy atom. The average Bonchev–Trinajstić information content (AvgIpc) is 3.82. The Morgan fingerprint density at radius 3 is 1.87 bits per heavy atom. The fourth-order valence-electron chi connectivity index (χ4n) is 4.74. The maximum atomic E-state index is 14.3. The maximum absolute atomic E-state index is 14.3. The quantitative estimate of drug-likeness (QED) is 0.221. The molecule has 7 rings (SSSR count). The van der Waals surface area contributed by atoms with Crippen LogP contribution in [0.25, 0.3) is 33.1 Å². The minimum Gasteiger partial charge on any atom is -1.00 e. The van der Waals surface area contributed by atoms with Crippen LogP contribution in [0.2, 0.25) is 0 Å². The van der Waals surface area contributed by atoms with Crippen molar-refractivity contribution in [3.05, 3.63) is 101 Å². The van der Waals surface area contributed by atoms with E-state index in [4.69, 9.17) is 4.42 Å². The van der Waals surface area contributed by atoms with E-state index in [2.05, 4.69) is 0 Å². The molecule has 5 aromatic rings. The van der Waals surface area contributed by atoms with Gasteiger partial charge in [0.1, 0.15) is 0 Å². The van der Waals surface area contributed by atoms with Crippen LogP contribution in [0, 0.1) is 29.1 Å². The number of aromatic hydroxyl groups is 1.